The molecule has 0 spiro atoms. The zero-order chi connectivity index (χ0) is 9.19. The molecule has 4 N–H and O–H groups in total. The smallest absolute Gasteiger partial charge is 0.323 e. The molecule has 1 heterocycles. The second-order valence-corrected chi connectivity index (χ2v) is 3.61. The molecule has 1 aliphatic heterocycles. The summed E-state index contributed by atoms with van der Waals surface area (Å²) in [6, 6.07) is 0. The molecule has 4 heteroatoms. The predicted octanol–water partition coefficient (Wildman–Crippen LogP) is -0.212. The highest BCUT2D eigenvalue weighted by Gasteiger charge is 2.37. The lowest BCUT2D eigenvalue weighted by atomic mass is 9.80. The number of hydrogen-bond donors (Lipinski definition) is 3. The number of nitrogens with one attached hydrogen (secondary N) is 1. The number of rotatable bonds is 2. The number of aliphatic carboxylic acids is 1. The van der Waals surface area contributed by atoms with Gasteiger partial charge in [-0.2, -0.15) is 0 Å². The van der Waals surface area contributed by atoms with Gasteiger partial charge in [-0.25, -0.2) is 0 Å². The van der Waals surface area contributed by atoms with Crippen LogP contribution in [-0.2, 0) is 4.79 Å². The molecule has 0 aromatic carbocycles. The molecule has 1 saturated heterocycles. The maximum Gasteiger partial charge on any atom is 0.323 e. The van der Waals surface area contributed by atoms with Crippen molar-refractivity contribution >= 4 is 5.97 Å². The minimum Gasteiger partial charge on any atom is -0.480 e. The molecule has 0 saturated carbocycles. The minimum absolute atomic E-state index is 0.108. The first-order valence-electron chi connectivity index (χ1n) is 4.28. The zero-order valence-electron chi connectivity index (χ0n) is 7.34. The second-order valence-electron chi connectivity index (χ2n) is 3.61. The van der Waals surface area contributed by atoms with E-state index in [0.29, 0.717) is 0 Å². The Morgan fingerprint density at radius 1 is 1.58 bits per heavy atom. The summed E-state index contributed by atoms with van der Waals surface area (Å²) in [5.74, 6) is -0.786. The van der Waals surface area contributed by atoms with Crippen molar-refractivity contribution in [3.8, 4) is 0 Å². The number of carboxylic acids is 1. The highest BCUT2D eigenvalue weighted by Crippen LogP contribution is 2.23. The summed E-state index contributed by atoms with van der Waals surface area (Å²) < 4.78 is 0. The first-order valence-corrected chi connectivity index (χ1v) is 4.28. The average molecular weight is 172 g/mol. The van der Waals surface area contributed by atoms with Crippen LogP contribution in [-0.4, -0.2) is 29.7 Å². The van der Waals surface area contributed by atoms with E-state index in [1.54, 1.807) is 6.92 Å². The van der Waals surface area contributed by atoms with E-state index >= 15 is 0 Å². The van der Waals surface area contributed by atoms with Gasteiger partial charge in [0.1, 0.15) is 5.54 Å². The molecule has 1 rings (SSSR count). The van der Waals surface area contributed by atoms with Crippen molar-refractivity contribution in [3.05, 3.63) is 0 Å². The van der Waals surface area contributed by atoms with Crippen LogP contribution in [0.5, 0.6) is 0 Å². The molecule has 70 valence electrons. The average Bonchev–Trinajstić information content (AvgIpc) is 2.06. The SMILES string of the molecule is CC(N)(C(=O)O)C1CCNCC1. The third-order valence-electron chi connectivity index (χ3n) is 2.65. The van der Waals surface area contributed by atoms with Gasteiger partial charge in [0, 0.05) is 0 Å². The van der Waals surface area contributed by atoms with E-state index in [9.17, 15) is 4.79 Å². The Kier molecular flexibility index (Phi) is 2.69. The Hall–Kier alpha value is -0.610. The van der Waals surface area contributed by atoms with Crippen molar-refractivity contribution in [1.82, 2.24) is 5.32 Å². The fourth-order valence-electron chi connectivity index (χ4n) is 1.60. The van der Waals surface area contributed by atoms with Crippen LogP contribution in [0, 0.1) is 5.92 Å². The van der Waals surface area contributed by atoms with Gasteiger partial charge in [-0.05, 0) is 38.8 Å². The molecular weight excluding hydrogens is 156 g/mol. The van der Waals surface area contributed by atoms with E-state index < -0.39 is 11.5 Å². The molecule has 4 nitrogen and oxygen atoms in total. The Bertz CT molecular complexity index is 174. The standard InChI is InChI=1S/C8H16N2O2/c1-8(9,7(11)12)6-2-4-10-5-3-6/h6,10H,2-5,9H2,1H3,(H,11,12). The number of piperidine rings is 1. The third kappa shape index (κ3) is 1.76. The Morgan fingerprint density at radius 2 is 2.08 bits per heavy atom. The topological polar surface area (TPSA) is 75.4 Å². The zero-order valence-corrected chi connectivity index (χ0v) is 7.34. The maximum absolute atomic E-state index is 10.8. The highest BCUT2D eigenvalue weighted by atomic mass is 16.4. The van der Waals surface area contributed by atoms with Gasteiger partial charge >= 0.3 is 5.97 Å². The number of hydrogen-bond acceptors (Lipinski definition) is 3. The minimum atomic E-state index is -1.05. The van der Waals surface area contributed by atoms with Crippen molar-refractivity contribution in [1.29, 1.82) is 0 Å². The van der Waals surface area contributed by atoms with Gasteiger partial charge in [0.15, 0.2) is 0 Å². The van der Waals surface area contributed by atoms with Crippen LogP contribution in [0.15, 0.2) is 0 Å². The van der Waals surface area contributed by atoms with Crippen LogP contribution in [0.2, 0.25) is 0 Å². The number of carbonyl (C=O) groups is 1. The molecule has 1 aliphatic rings. The summed E-state index contributed by atoms with van der Waals surface area (Å²) in [6.07, 6.45) is 1.72. The second kappa shape index (κ2) is 3.41. The van der Waals surface area contributed by atoms with E-state index in [1.807, 2.05) is 0 Å². The Morgan fingerprint density at radius 3 is 2.50 bits per heavy atom. The number of nitrogens with two attached hydrogens (primary N) is 1. The van der Waals surface area contributed by atoms with E-state index in [-0.39, 0.29) is 5.92 Å². The Balaban J connectivity index is 2.59. The van der Waals surface area contributed by atoms with Crippen LogP contribution < -0.4 is 11.1 Å². The summed E-state index contributed by atoms with van der Waals surface area (Å²) in [7, 11) is 0. The van der Waals surface area contributed by atoms with Crippen molar-refractivity contribution in [3.63, 3.8) is 0 Å². The lowest BCUT2D eigenvalue weighted by molar-refractivity contribution is -0.145. The first kappa shape index (κ1) is 9.48. The van der Waals surface area contributed by atoms with Crippen molar-refractivity contribution < 1.29 is 9.90 Å². The fraction of sp³-hybridized carbons (Fsp3) is 0.875. The third-order valence-corrected chi connectivity index (χ3v) is 2.65. The summed E-state index contributed by atoms with van der Waals surface area (Å²) in [5, 5.41) is 12.0. The van der Waals surface area contributed by atoms with E-state index in [2.05, 4.69) is 5.32 Å². The van der Waals surface area contributed by atoms with Crippen molar-refractivity contribution in [2.75, 3.05) is 13.1 Å². The van der Waals surface area contributed by atoms with Crippen molar-refractivity contribution in [2.45, 2.75) is 25.3 Å². The summed E-state index contributed by atoms with van der Waals surface area (Å²) >= 11 is 0. The number of carboxylic acid groups (broad SMARTS) is 1. The maximum atomic E-state index is 10.8. The fourth-order valence-corrected chi connectivity index (χ4v) is 1.60. The van der Waals surface area contributed by atoms with Gasteiger partial charge in [0.2, 0.25) is 0 Å². The van der Waals surface area contributed by atoms with Gasteiger partial charge in [0.05, 0.1) is 0 Å². The van der Waals surface area contributed by atoms with E-state index in [0.717, 1.165) is 25.9 Å². The molecule has 0 aromatic rings. The van der Waals surface area contributed by atoms with Gasteiger partial charge < -0.3 is 16.2 Å². The first-order chi connectivity index (χ1) is 5.55. The lowest BCUT2D eigenvalue weighted by Crippen LogP contribution is -2.54. The van der Waals surface area contributed by atoms with Crippen LogP contribution >= 0.6 is 0 Å². The molecule has 12 heavy (non-hydrogen) atoms. The van der Waals surface area contributed by atoms with Gasteiger partial charge in [-0.1, -0.05) is 0 Å². The van der Waals surface area contributed by atoms with Crippen LogP contribution in [0.1, 0.15) is 19.8 Å². The van der Waals surface area contributed by atoms with Crippen molar-refractivity contribution in [2.24, 2.45) is 11.7 Å². The monoisotopic (exact) mass is 172 g/mol. The van der Waals surface area contributed by atoms with Gasteiger partial charge in [-0.3, -0.25) is 4.79 Å². The molecule has 1 atom stereocenters. The molecule has 0 aromatic heterocycles. The van der Waals surface area contributed by atoms with Gasteiger partial charge in [0.25, 0.3) is 0 Å². The molecule has 1 unspecified atom stereocenters. The lowest BCUT2D eigenvalue weighted by Gasteiger charge is -2.33. The van der Waals surface area contributed by atoms with Gasteiger partial charge in [-0.15, -0.1) is 0 Å². The molecule has 0 radical (unpaired) electrons. The normalized spacial score (nSPS) is 24.8. The summed E-state index contributed by atoms with van der Waals surface area (Å²) in [5.41, 5.74) is 4.65. The quantitative estimate of drug-likeness (QED) is 0.538. The Labute approximate surface area is 72.1 Å². The summed E-state index contributed by atoms with van der Waals surface area (Å²) in [4.78, 5) is 10.8. The van der Waals surface area contributed by atoms with E-state index in [4.69, 9.17) is 10.8 Å². The molecule has 1 fully saturated rings. The molecule has 0 amide bonds. The van der Waals surface area contributed by atoms with Crippen LogP contribution in [0.25, 0.3) is 0 Å². The highest BCUT2D eigenvalue weighted by molar-refractivity contribution is 5.78. The van der Waals surface area contributed by atoms with Crippen LogP contribution in [0.3, 0.4) is 0 Å². The molecular formula is C8H16N2O2. The molecule has 0 bridgehead atoms. The molecule has 0 aliphatic carbocycles. The van der Waals surface area contributed by atoms with Crippen LogP contribution in [0.4, 0.5) is 0 Å². The predicted molar refractivity (Wildman–Crippen MR) is 45.8 cm³/mol. The summed E-state index contributed by atoms with van der Waals surface area (Å²) in [6.45, 7) is 3.36. The largest absolute Gasteiger partial charge is 0.480 e. The van der Waals surface area contributed by atoms with E-state index in [1.165, 1.54) is 0 Å².